The van der Waals surface area contributed by atoms with Gasteiger partial charge < -0.3 is 4.90 Å². The molecule has 1 fully saturated rings. The van der Waals surface area contributed by atoms with Crippen LogP contribution in [-0.2, 0) is 0 Å². The Morgan fingerprint density at radius 2 is 1.88 bits per heavy atom. The molecule has 0 spiro atoms. The molecule has 0 amide bonds. The number of hydrogen-bond acceptors (Lipinski definition) is 3. The van der Waals surface area contributed by atoms with Crippen molar-refractivity contribution in [2.75, 3.05) is 20.1 Å². The topological polar surface area (TPSA) is 43.1 Å². The molecule has 0 saturated carbocycles. The summed E-state index contributed by atoms with van der Waals surface area (Å²) in [7, 11) is 2.15. The van der Waals surface area contributed by atoms with Crippen LogP contribution in [0.1, 0.15) is 25.3 Å². The minimum Gasteiger partial charge on any atom is -0.306 e. The molecule has 5 nitrogen and oxygen atoms in total. The van der Waals surface area contributed by atoms with Crippen LogP contribution in [0.25, 0.3) is 16.7 Å². The summed E-state index contributed by atoms with van der Waals surface area (Å²) in [6.45, 7) is 2.11. The molecule has 5 heteroatoms. The van der Waals surface area contributed by atoms with Crippen LogP contribution in [0.2, 0.25) is 0 Å². The second-order valence-electron chi connectivity index (χ2n) is 6.56. The van der Waals surface area contributed by atoms with E-state index in [1.165, 1.54) is 0 Å². The van der Waals surface area contributed by atoms with E-state index in [0.717, 1.165) is 43.7 Å². The first kappa shape index (κ1) is 15.1. The Morgan fingerprint density at radius 3 is 2.71 bits per heavy atom. The summed E-state index contributed by atoms with van der Waals surface area (Å²) in [5.74, 6) is 0. The van der Waals surface area contributed by atoms with Crippen molar-refractivity contribution in [1.29, 1.82) is 0 Å². The van der Waals surface area contributed by atoms with Crippen LogP contribution >= 0.6 is 0 Å². The van der Waals surface area contributed by atoms with E-state index < -0.39 is 0 Å². The van der Waals surface area contributed by atoms with Crippen molar-refractivity contribution in [3.63, 3.8) is 0 Å². The number of hydrogen-bond donors (Lipinski definition) is 0. The summed E-state index contributed by atoms with van der Waals surface area (Å²) in [6.07, 6.45) is 4.87. The highest BCUT2D eigenvalue weighted by Gasteiger charge is 2.24. The fourth-order valence-electron chi connectivity index (χ4n) is 3.66. The van der Waals surface area contributed by atoms with Crippen LogP contribution < -0.4 is 5.56 Å². The third-order valence-electron chi connectivity index (χ3n) is 4.91. The van der Waals surface area contributed by atoms with Crippen molar-refractivity contribution in [3.8, 4) is 5.69 Å². The molecule has 1 saturated heterocycles. The molecule has 0 N–H and O–H groups in total. The standard InChI is InChI=1S/C19H22N4O/c1-21-13-6-9-16(11-14-21)23-19(24)17-10-5-12-20-18(17)22(23)15-7-3-2-4-8-15/h2-5,7-8,10,12,16H,6,9,11,13-14H2,1H3. The van der Waals surface area contributed by atoms with Crippen molar-refractivity contribution in [3.05, 3.63) is 59.0 Å². The Kier molecular flexibility index (Phi) is 3.94. The van der Waals surface area contributed by atoms with Crippen LogP contribution in [0, 0.1) is 0 Å². The number of rotatable bonds is 2. The van der Waals surface area contributed by atoms with E-state index >= 15 is 0 Å². The van der Waals surface area contributed by atoms with Crippen molar-refractivity contribution in [2.45, 2.75) is 25.3 Å². The van der Waals surface area contributed by atoms with Crippen molar-refractivity contribution >= 4 is 11.0 Å². The van der Waals surface area contributed by atoms with Gasteiger partial charge in [0, 0.05) is 6.20 Å². The fraction of sp³-hybridized carbons (Fsp3) is 0.368. The summed E-state index contributed by atoms with van der Waals surface area (Å²) in [5, 5.41) is 0.693. The molecule has 1 unspecified atom stereocenters. The molecule has 2 aromatic heterocycles. The molecule has 4 rings (SSSR count). The molecule has 0 bridgehead atoms. The van der Waals surface area contributed by atoms with Crippen LogP contribution in [0.15, 0.2) is 53.5 Å². The third-order valence-corrected chi connectivity index (χ3v) is 4.91. The maximum Gasteiger partial charge on any atom is 0.276 e. The average molecular weight is 322 g/mol. The van der Waals surface area contributed by atoms with Gasteiger partial charge in [0.25, 0.3) is 5.56 Å². The summed E-state index contributed by atoms with van der Waals surface area (Å²) in [5.41, 5.74) is 1.80. The molecule has 1 aromatic carbocycles. The Balaban J connectivity index is 1.94. The van der Waals surface area contributed by atoms with E-state index in [2.05, 4.69) is 16.9 Å². The first-order chi connectivity index (χ1) is 11.8. The molecular weight excluding hydrogens is 300 g/mol. The number of fused-ring (bicyclic) bond motifs is 1. The lowest BCUT2D eigenvalue weighted by Crippen LogP contribution is -2.28. The molecule has 1 aliphatic heterocycles. The maximum atomic E-state index is 13.1. The number of benzene rings is 1. The number of aromatic nitrogens is 3. The second kappa shape index (κ2) is 6.24. The smallest absolute Gasteiger partial charge is 0.276 e. The van der Waals surface area contributed by atoms with Gasteiger partial charge in [0.15, 0.2) is 5.65 Å². The lowest BCUT2D eigenvalue weighted by Gasteiger charge is -2.21. The Hall–Kier alpha value is -2.40. The number of nitrogens with zero attached hydrogens (tertiary/aromatic N) is 4. The molecular formula is C19H22N4O. The molecule has 0 radical (unpaired) electrons. The lowest BCUT2D eigenvalue weighted by atomic mass is 10.1. The van der Waals surface area contributed by atoms with E-state index in [0.29, 0.717) is 5.39 Å². The first-order valence-electron chi connectivity index (χ1n) is 8.58. The normalized spacial score (nSPS) is 19.5. The van der Waals surface area contributed by atoms with Gasteiger partial charge in [0.2, 0.25) is 0 Å². The minimum atomic E-state index is 0.0662. The first-order valence-corrected chi connectivity index (χ1v) is 8.58. The van der Waals surface area contributed by atoms with Crippen molar-refractivity contribution in [1.82, 2.24) is 19.2 Å². The molecule has 24 heavy (non-hydrogen) atoms. The van der Waals surface area contributed by atoms with Gasteiger partial charge in [0.05, 0.1) is 17.1 Å². The molecule has 1 aliphatic rings. The van der Waals surface area contributed by atoms with E-state index in [4.69, 9.17) is 0 Å². The summed E-state index contributed by atoms with van der Waals surface area (Å²) < 4.78 is 3.94. The monoisotopic (exact) mass is 322 g/mol. The molecule has 1 atom stereocenters. The van der Waals surface area contributed by atoms with E-state index in [9.17, 15) is 4.79 Å². The largest absolute Gasteiger partial charge is 0.306 e. The number of para-hydroxylation sites is 1. The van der Waals surface area contributed by atoms with Gasteiger partial charge in [-0.05, 0) is 63.7 Å². The van der Waals surface area contributed by atoms with Gasteiger partial charge in [0.1, 0.15) is 0 Å². The van der Waals surface area contributed by atoms with Crippen molar-refractivity contribution in [2.24, 2.45) is 0 Å². The zero-order valence-electron chi connectivity index (χ0n) is 13.9. The van der Waals surface area contributed by atoms with Crippen LogP contribution in [0.5, 0.6) is 0 Å². The Bertz CT molecular complexity index is 897. The summed E-state index contributed by atoms with van der Waals surface area (Å²) >= 11 is 0. The summed E-state index contributed by atoms with van der Waals surface area (Å²) in [6, 6.07) is 14.0. The van der Waals surface area contributed by atoms with Crippen LogP contribution in [0.4, 0.5) is 0 Å². The van der Waals surface area contributed by atoms with Gasteiger partial charge in [-0.1, -0.05) is 18.2 Å². The van der Waals surface area contributed by atoms with Gasteiger partial charge in [-0.2, -0.15) is 0 Å². The van der Waals surface area contributed by atoms with Gasteiger partial charge >= 0.3 is 0 Å². The number of pyridine rings is 1. The number of likely N-dealkylation sites (tertiary alicyclic amines) is 1. The minimum absolute atomic E-state index is 0.0662. The SMILES string of the molecule is CN1CCCC(n2c(=O)c3cccnc3n2-c2ccccc2)CC1. The maximum absolute atomic E-state index is 13.1. The van der Waals surface area contributed by atoms with Gasteiger partial charge in [-0.25, -0.2) is 14.3 Å². The predicted molar refractivity (Wildman–Crippen MR) is 95.7 cm³/mol. The Morgan fingerprint density at radius 1 is 1.04 bits per heavy atom. The molecule has 124 valence electrons. The van der Waals surface area contributed by atoms with E-state index in [-0.39, 0.29) is 11.6 Å². The predicted octanol–water partition coefficient (Wildman–Crippen LogP) is 2.84. The zero-order chi connectivity index (χ0) is 16.5. The van der Waals surface area contributed by atoms with Crippen LogP contribution in [-0.4, -0.2) is 39.4 Å². The van der Waals surface area contributed by atoms with Gasteiger partial charge in [-0.15, -0.1) is 0 Å². The average Bonchev–Trinajstić information content (AvgIpc) is 2.76. The van der Waals surface area contributed by atoms with E-state index in [1.54, 1.807) is 6.20 Å². The Labute approximate surface area is 141 Å². The fourth-order valence-corrected chi connectivity index (χ4v) is 3.66. The van der Waals surface area contributed by atoms with Gasteiger partial charge in [-0.3, -0.25) is 4.79 Å². The third kappa shape index (κ3) is 2.55. The highest BCUT2D eigenvalue weighted by Crippen LogP contribution is 2.25. The zero-order valence-corrected chi connectivity index (χ0v) is 13.9. The highest BCUT2D eigenvalue weighted by molar-refractivity contribution is 5.76. The lowest BCUT2D eigenvalue weighted by molar-refractivity contribution is 0.330. The second-order valence-corrected chi connectivity index (χ2v) is 6.56. The highest BCUT2D eigenvalue weighted by atomic mass is 16.1. The van der Waals surface area contributed by atoms with E-state index in [1.807, 2.05) is 51.8 Å². The summed E-state index contributed by atoms with van der Waals surface area (Å²) in [4.78, 5) is 20.0. The van der Waals surface area contributed by atoms with Crippen LogP contribution in [0.3, 0.4) is 0 Å². The molecule has 0 aliphatic carbocycles. The van der Waals surface area contributed by atoms with Crippen molar-refractivity contribution < 1.29 is 0 Å². The quantitative estimate of drug-likeness (QED) is 0.729. The molecule has 3 heterocycles. The molecule has 3 aromatic rings.